The van der Waals surface area contributed by atoms with Crippen molar-refractivity contribution in [2.75, 3.05) is 18.1 Å². The molecule has 0 aliphatic carbocycles. The lowest BCUT2D eigenvalue weighted by atomic mass is 9.95. The van der Waals surface area contributed by atoms with E-state index in [1.54, 1.807) is 4.90 Å². The maximum atomic E-state index is 12.4. The van der Waals surface area contributed by atoms with Crippen molar-refractivity contribution in [2.45, 2.75) is 45.1 Å². The molecule has 1 aliphatic heterocycles. The second-order valence-electron chi connectivity index (χ2n) is 6.02. The fraction of sp³-hybridized carbons (Fsp3) is 0.588. The molecule has 1 heterocycles. The van der Waals surface area contributed by atoms with Crippen LogP contribution < -0.4 is 0 Å². The number of piperidine rings is 1. The lowest BCUT2D eigenvalue weighted by Gasteiger charge is -2.36. The molecule has 1 saturated heterocycles. The van der Waals surface area contributed by atoms with Gasteiger partial charge in [0.15, 0.2) is 9.84 Å². The van der Waals surface area contributed by atoms with Gasteiger partial charge >= 0.3 is 0 Å². The van der Waals surface area contributed by atoms with Crippen LogP contribution in [0.3, 0.4) is 0 Å². The van der Waals surface area contributed by atoms with Gasteiger partial charge < -0.3 is 4.90 Å². The summed E-state index contributed by atoms with van der Waals surface area (Å²) in [5.41, 5.74) is 1.20. The Balaban J connectivity index is 2.04. The lowest BCUT2D eigenvalue weighted by Crippen LogP contribution is -2.47. The van der Waals surface area contributed by atoms with Gasteiger partial charge in [-0.2, -0.15) is 0 Å². The molecule has 0 aromatic heterocycles. The topological polar surface area (TPSA) is 54.5 Å². The van der Waals surface area contributed by atoms with Crippen LogP contribution in [0.25, 0.3) is 0 Å². The summed E-state index contributed by atoms with van der Waals surface area (Å²) in [6.45, 7) is 2.50. The number of benzene rings is 1. The predicted molar refractivity (Wildman–Crippen MR) is 88.4 cm³/mol. The molecule has 0 bridgehead atoms. The van der Waals surface area contributed by atoms with Gasteiger partial charge in [0.05, 0.1) is 5.75 Å². The van der Waals surface area contributed by atoms with Gasteiger partial charge in [-0.15, -0.1) is 0 Å². The quantitative estimate of drug-likeness (QED) is 0.808. The van der Waals surface area contributed by atoms with E-state index in [9.17, 15) is 13.2 Å². The molecule has 1 atom stereocenters. The van der Waals surface area contributed by atoms with Crippen LogP contribution in [0.5, 0.6) is 0 Å². The first-order valence-corrected chi connectivity index (χ1v) is 9.88. The normalized spacial score (nSPS) is 19.1. The zero-order valence-electron chi connectivity index (χ0n) is 13.2. The van der Waals surface area contributed by atoms with Crippen LogP contribution in [-0.2, 0) is 21.1 Å². The standard InChI is InChI=1S/C17H25NO3S/c1-2-12-22(20,21)14-17(19)18-11-7-6-10-16(18)13-15-8-4-3-5-9-15/h3-5,8-9,16H,2,6-7,10-14H2,1H3/t16-/m1/s1. The second-order valence-corrected chi connectivity index (χ2v) is 8.20. The molecular formula is C17H25NO3S. The number of hydrogen-bond donors (Lipinski definition) is 0. The van der Waals surface area contributed by atoms with Crippen LogP contribution in [0.2, 0.25) is 0 Å². The van der Waals surface area contributed by atoms with Crippen molar-refractivity contribution in [1.82, 2.24) is 4.90 Å². The van der Waals surface area contributed by atoms with Crippen molar-refractivity contribution in [3.63, 3.8) is 0 Å². The lowest BCUT2D eigenvalue weighted by molar-refractivity contribution is -0.132. The predicted octanol–water partition coefficient (Wildman–Crippen LogP) is 2.43. The summed E-state index contributed by atoms with van der Waals surface area (Å²) in [5.74, 6) is -0.476. The maximum Gasteiger partial charge on any atom is 0.238 e. The van der Waals surface area contributed by atoms with E-state index >= 15 is 0 Å². The summed E-state index contributed by atoms with van der Waals surface area (Å²) in [6.07, 6.45) is 4.38. The number of likely N-dealkylation sites (tertiary alicyclic amines) is 1. The highest BCUT2D eigenvalue weighted by Gasteiger charge is 2.29. The van der Waals surface area contributed by atoms with Gasteiger partial charge in [-0.25, -0.2) is 8.42 Å². The van der Waals surface area contributed by atoms with E-state index in [0.717, 1.165) is 25.7 Å². The molecule has 22 heavy (non-hydrogen) atoms. The molecule has 1 aliphatic rings. The zero-order chi connectivity index (χ0) is 16.0. The Morgan fingerprint density at radius 3 is 2.64 bits per heavy atom. The van der Waals surface area contributed by atoms with Gasteiger partial charge in [-0.1, -0.05) is 37.3 Å². The first-order valence-electron chi connectivity index (χ1n) is 8.05. The van der Waals surface area contributed by atoms with Crippen molar-refractivity contribution in [3.05, 3.63) is 35.9 Å². The number of sulfone groups is 1. The number of amides is 1. The number of nitrogens with zero attached hydrogens (tertiary/aromatic N) is 1. The molecule has 0 radical (unpaired) electrons. The molecule has 1 amide bonds. The average molecular weight is 323 g/mol. The van der Waals surface area contributed by atoms with Crippen molar-refractivity contribution >= 4 is 15.7 Å². The van der Waals surface area contributed by atoms with Gasteiger partial charge in [-0.05, 0) is 37.7 Å². The monoisotopic (exact) mass is 323 g/mol. The van der Waals surface area contributed by atoms with Crippen molar-refractivity contribution in [1.29, 1.82) is 0 Å². The van der Waals surface area contributed by atoms with Gasteiger partial charge in [-0.3, -0.25) is 4.79 Å². The van der Waals surface area contributed by atoms with Crippen molar-refractivity contribution in [3.8, 4) is 0 Å². The Morgan fingerprint density at radius 1 is 1.23 bits per heavy atom. The highest BCUT2D eigenvalue weighted by atomic mass is 32.2. The maximum absolute atomic E-state index is 12.4. The fourth-order valence-electron chi connectivity index (χ4n) is 3.08. The van der Waals surface area contributed by atoms with Crippen LogP contribution >= 0.6 is 0 Å². The van der Waals surface area contributed by atoms with Crippen LogP contribution in [0.1, 0.15) is 38.2 Å². The second kappa shape index (κ2) is 7.77. The Hall–Kier alpha value is -1.36. The van der Waals surface area contributed by atoms with E-state index in [2.05, 4.69) is 12.1 Å². The summed E-state index contributed by atoms with van der Waals surface area (Å²) in [6, 6.07) is 10.2. The number of carbonyl (C=O) groups is 1. The molecule has 0 saturated carbocycles. The highest BCUT2D eigenvalue weighted by Crippen LogP contribution is 2.21. The van der Waals surface area contributed by atoms with Gasteiger partial charge in [0.25, 0.3) is 0 Å². The molecule has 1 aromatic carbocycles. The first kappa shape index (κ1) is 17.0. The minimum absolute atomic E-state index is 0.0932. The molecule has 1 aromatic rings. The Labute approximate surface area is 133 Å². The summed E-state index contributed by atoms with van der Waals surface area (Å²) < 4.78 is 23.8. The van der Waals surface area contributed by atoms with Crippen molar-refractivity contribution in [2.24, 2.45) is 0 Å². The molecule has 0 unspecified atom stereocenters. The summed E-state index contributed by atoms with van der Waals surface area (Å²) in [4.78, 5) is 14.2. The number of rotatable bonds is 6. The molecule has 1 fully saturated rings. The minimum Gasteiger partial charge on any atom is -0.339 e. The number of carbonyl (C=O) groups excluding carboxylic acids is 1. The first-order chi connectivity index (χ1) is 10.5. The zero-order valence-corrected chi connectivity index (χ0v) is 14.0. The minimum atomic E-state index is -3.27. The molecule has 122 valence electrons. The molecule has 0 N–H and O–H groups in total. The summed E-state index contributed by atoms with van der Waals surface area (Å²) >= 11 is 0. The fourth-order valence-corrected chi connectivity index (χ4v) is 4.39. The van der Waals surface area contributed by atoms with E-state index in [-0.39, 0.29) is 23.5 Å². The molecule has 4 nitrogen and oxygen atoms in total. The van der Waals surface area contributed by atoms with Crippen LogP contribution in [0.15, 0.2) is 30.3 Å². The third-order valence-corrected chi connectivity index (χ3v) is 5.84. The Kier molecular flexibility index (Phi) is 6.00. The summed E-state index contributed by atoms with van der Waals surface area (Å²) in [5, 5.41) is 0. The third kappa shape index (κ3) is 4.83. The third-order valence-electron chi connectivity index (χ3n) is 4.12. The van der Waals surface area contributed by atoms with E-state index in [0.29, 0.717) is 13.0 Å². The Bertz CT molecular complexity index is 583. The molecular weight excluding hydrogens is 298 g/mol. The smallest absolute Gasteiger partial charge is 0.238 e. The molecule has 5 heteroatoms. The van der Waals surface area contributed by atoms with E-state index in [1.807, 2.05) is 25.1 Å². The Morgan fingerprint density at radius 2 is 1.95 bits per heavy atom. The summed E-state index contributed by atoms with van der Waals surface area (Å²) in [7, 11) is -3.27. The van der Waals surface area contributed by atoms with Gasteiger partial charge in [0, 0.05) is 12.6 Å². The van der Waals surface area contributed by atoms with E-state index in [1.165, 1.54) is 5.56 Å². The van der Waals surface area contributed by atoms with Crippen LogP contribution in [-0.4, -0.2) is 43.3 Å². The van der Waals surface area contributed by atoms with Crippen molar-refractivity contribution < 1.29 is 13.2 Å². The largest absolute Gasteiger partial charge is 0.339 e. The SMILES string of the molecule is CCCS(=O)(=O)CC(=O)N1CCCC[C@@H]1Cc1ccccc1. The highest BCUT2D eigenvalue weighted by molar-refractivity contribution is 7.92. The van der Waals surface area contributed by atoms with E-state index < -0.39 is 9.84 Å². The number of hydrogen-bond acceptors (Lipinski definition) is 3. The van der Waals surface area contributed by atoms with Gasteiger partial charge in [0.2, 0.25) is 5.91 Å². The van der Waals surface area contributed by atoms with Crippen LogP contribution in [0, 0.1) is 0 Å². The van der Waals surface area contributed by atoms with Gasteiger partial charge in [0.1, 0.15) is 5.75 Å². The van der Waals surface area contributed by atoms with Crippen LogP contribution in [0.4, 0.5) is 0 Å². The molecule has 0 spiro atoms. The van der Waals surface area contributed by atoms with E-state index in [4.69, 9.17) is 0 Å². The molecule has 2 rings (SSSR count). The average Bonchev–Trinajstić information content (AvgIpc) is 2.48.